The molecule has 0 radical (unpaired) electrons. The van der Waals surface area contributed by atoms with Crippen LogP contribution >= 0.6 is 0 Å². The number of carbonyl (C=O) groups excluding carboxylic acids is 1. The second-order valence-electron chi connectivity index (χ2n) is 10.4. The van der Waals surface area contributed by atoms with Crippen molar-refractivity contribution in [3.05, 3.63) is 113 Å². The van der Waals surface area contributed by atoms with E-state index in [0.29, 0.717) is 36.7 Å². The summed E-state index contributed by atoms with van der Waals surface area (Å²) in [4.78, 5) is 27.4. The van der Waals surface area contributed by atoms with E-state index in [1.807, 2.05) is 77.7 Å². The first-order valence-electron chi connectivity index (χ1n) is 13.6. The summed E-state index contributed by atoms with van der Waals surface area (Å²) >= 11 is 0. The predicted octanol–water partition coefficient (Wildman–Crippen LogP) is 4.40. The molecule has 9 nitrogen and oxygen atoms in total. The predicted molar refractivity (Wildman–Crippen MR) is 155 cm³/mol. The van der Waals surface area contributed by atoms with Gasteiger partial charge in [0.1, 0.15) is 17.9 Å². The van der Waals surface area contributed by atoms with Crippen molar-refractivity contribution in [1.82, 2.24) is 20.0 Å². The third-order valence-corrected chi connectivity index (χ3v) is 7.69. The number of aromatic nitrogens is 2. The van der Waals surface area contributed by atoms with Crippen LogP contribution in [-0.4, -0.2) is 51.9 Å². The van der Waals surface area contributed by atoms with Crippen LogP contribution in [0.1, 0.15) is 44.3 Å². The van der Waals surface area contributed by atoms with E-state index in [1.165, 1.54) is 6.20 Å². The van der Waals surface area contributed by atoms with Gasteiger partial charge in [0.15, 0.2) is 0 Å². The number of carboxylic acids is 1. The van der Waals surface area contributed by atoms with E-state index in [4.69, 9.17) is 10.5 Å². The molecule has 1 aliphatic carbocycles. The molecule has 6 rings (SSSR count). The van der Waals surface area contributed by atoms with Crippen molar-refractivity contribution in [2.45, 2.75) is 18.9 Å². The number of aromatic carboxylic acids is 1. The molecule has 1 fully saturated rings. The van der Waals surface area contributed by atoms with Crippen LogP contribution < -0.4 is 15.8 Å². The fraction of sp³-hybridized carbons (Fsp3) is 0.219. The van der Waals surface area contributed by atoms with Gasteiger partial charge in [-0.1, -0.05) is 42.5 Å². The molecule has 2 aliphatic rings. The third kappa shape index (κ3) is 5.14. The molecule has 1 aromatic heterocycles. The zero-order valence-corrected chi connectivity index (χ0v) is 22.7. The second kappa shape index (κ2) is 10.8. The molecule has 0 spiro atoms. The fourth-order valence-electron chi connectivity index (χ4n) is 5.56. The average Bonchev–Trinajstić information content (AvgIpc) is 3.71. The maximum absolute atomic E-state index is 13.5. The van der Waals surface area contributed by atoms with Gasteiger partial charge in [-0.15, -0.1) is 0 Å². The number of carboxylic acid groups (broad SMARTS) is 1. The Morgan fingerprint density at radius 2 is 1.85 bits per heavy atom. The molecule has 1 saturated carbocycles. The van der Waals surface area contributed by atoms with Gasteiger partial charge in [0.05, 0.1) is 24.1 Å². The summed E-state index contributed by atoms with van der Waals surface area (Å²) in [6, 6.07) is 23.1. The minimum Gasteiger partial charge on any atom is -0.491 e. The number of benzene rings is 3. The number of hydrogen-bond donors (Lipinski definition) is 3. The summed E-state index contributed by atoms with van der Waals surface area (Å²) in [5.74, 6) is -0.248. The lowest BCUT2D eigenvalue weighted by atomic mass is 10.0. The lowest BCUT2D eigenvalue weighted by Gasteiger charge is -2.20. The molecular weight excluding hydrogens is 518 g/mol. The first-order chi connectivity index (χ1) is 19.9. The van der Waals surface area contributed by atoms with E-state index in [1.54, 1.807) is 17.9 Å². The van der Waals surface area contributed by atoms with Gasteiger partial charge in [-0.25, -0.2) is 9.48 Å². The van der Waals surface area contributed by atoms with Gasteiger partial charge in [-0.05, 0) is 47.9 Å². The van der Waals surface area contributed by atoms with Gasteiger partial charge in [0, 0.05) is 48.5 Å². The molecule has 1 amide bonds. The number of ether oxygens (including phenoxy) is 1. The average molecular weight is 550 g/mol. The molecular formula is C32H31N5O4. The van der Waals surface area contributed by atoms with Crippen LogP contribution in [0.3, 0.4) is 0 Å². The SMILES string of the molecule is CN/C=C(\N)C1C[C@H]1c1c(C(=O)O)cnn1-c1cccc(-c2cccc(C(=O)N3CCOc4ccccc4C3)c2)c1. The van der Waals surface area contributed by atoms with Crippen LogP contribution in [0.4, 0.5) is 0 Å². The Morgan fingerprint density at radius 1 is 1.07 bits per heavy atom. The van der Waals surface area contributed by atoms with Crippen molar-refractivity contribution in [2.24, 2.45) is 11.7 Å². The summed E-state index contributed by atoms with van der Waals surface area (Å²) in [5, 5.41) is 17.3. The van der Waals surface area contributed by atoms with Crippen LogP contribution in [0.25, 0.3) is 16.8 Å². The molecule has 1 unspecified atom stereocenters. The minimum atomic E-state index is -1.02. The number of fused-ring (bicyclic) bond motifs is 1. The van der Waals surface area contributed by atoms with Crippen molar-refractivity contribution in [2.75, 3.05) is 20.2 Å². The minimum absolute atomic E-state index is 0.0412. The Hall–Kier alpha value is -5.05. The van der Waals surface area contributed by atoms with Gasteiger partial charge in [-0.2, -0.15) is 5.10 Å². The number of carbonyl (C=O) groups is 2. The Morgan fingerprint density at radius 3 is 2.66 bits per heavy atom. The number of nitrogens with one attached hydrogen (secondary N) is 1. The highest BCUT2D eigenvalue weighted by Crippen LogP contribution is 2.51. The highest BCUT2D eigenvalue weighted by Gasteiger charge is 2.45. The van der Waals surface area contributed by atoms with Crippen molar-refractivity contribution in [3.8, 4) is 22.6 Å². The monoisotopic (exact) mass is 549 g/mol. The van der Waals surface area contributed by atoms with Gasteiger partial charge < -0.3 is 25.8 Å². The summed E-state index contributed by atoms with van der Waals surface area (Å²) in [6.45, 7) is 1.42. The molecule has 1 aliphatic heterocycles. The lowest BCUT2D eigenvalue weighted by Crippen LogP contribution is -2.32. The van der Waals surface area contributed by atoms with Crippen molar-refractivity contribution in [3.63, 3.8) is 0 Å². The van der Waals surface area contributed by atoms with E-state index in [0.717, 1.165) is 34.5 Å². The zero-order valence-electron chi connectivity index (χ0n) is 22.7. The largest absolute Gasteiger partial charge is 0.491 e. The summed E-state index contributed by atoms with van der Waals surface area (Å²) < 4.78 is 7.54. The van der Waals surface area contributed by atoms with Crippen molar-refractivity contribution in [1.29, 1.82) is 0 Å². The fourth-order valence-corrected chi connectivity index (χ4v) is 5.56. The van der Waals surface area contributed by atoms with Crippen LogP contribution in [-0.2, 0) is 6.54 Å². The van der Waals surface area contributed by atoms with Crippen LogP contribution in [0.2, 0.25) is 0 Å². The number of para-hydroxylation sites is 1. The molecule has 4 aromatic rings. The van der Waals surface area contributed by atoms with Crippen LogP contribution in [0.15, 0.2) is 90.9 Å². The Bertz CT molecular complexity index is 1660. The molecule has 2 atom stereocenters. The van der Waals surface area contributed by atoms with E-state index in [-0.39, 0.29) is 23.3 Å². The van der Waals surface area contributed by atoms with Gasteiger partial charge >= 0.3 is 5.97 Å². The number of rotatable bonds is 7. The topological polar surface area (TPSA) is 123 Å². The number of allylic oxidation sites excluding steroid dienone is 1. The normalized spacial score (nSPS) is 18.2. The number of amides is 1. The molecule has 0 bridgehead atoms. The van der Waals surface area contributed by atoms with Crippen LogP contribution in [0.5, 0.6) is 5.75 Å². The molecule has 9 heteroatoms. The Balaban J connectivity index is 1.29. The van der Waals surface area contributed by atoms with E-state index in [9.17, 15) is 14.7 Å². The molecule has 0 saturated heterocycles. The molecule has 2 heterocycles. The van der Waals surface area contributed by atoms with E-state index < -0.39 is 5.97 Å². The summed E-state index contributed by atoms with van der Waals surface area (Å²) in [5.41, 5.74) is 11.8. The number of nitrogens with two attached hydrogens (primary N) is 1. The van der Waals surface area contributed by atoms with E-state index in [2.05, 4.69) is 10.4 Å². The first-order valence-corrected chi connectivity index (χ1v) is 13.6. The summed E-state index contributed by atoms with van der Waals surface area (Å²) in [7, 11) is 1.78. The molecule has 4 N–H and O–H groups in total. The van der Waals surface area contributed by atoms with Gasteiger partial charge in [0.2, 0.25) is 0 Å². The Kier molecular flexibility index (Phi) is 6.93. The molecule has 208 valence electrons. The number of nitrogens with zero attached hydrogens (tertiary/aromatic N) is 3. The first kappa shape index (κ1) is 26.2. The smallest absolute Gasteiger partial charge is 0.339 e. The highest BCUT2D eigenvalue weighted by molar-refractivity contribution is 5.95. The van der Waals surface area contributed by atoms with Crippen LogP contribution in [0, 0.1) is 5.92 Å². The Labute approximate surface area is 237 Å². The maximum Gasteiger partial charge on any atom is 0.339 e. The van der Waals surface area contributed by atoms with Gasteiger partial charge in [-0.3, -0.25) is 4.79 Å². The maximum atomic E-state index is 13.5. The molecule has 41 heavy (non-hydrogen) atoms. The lowest BCUT2D eigenvalue weighted by molar-refractivity contribution is 0.0693. The van der Waals surface area contributed by atoms with Crippen molar-refractivity contribution >= 4 is 11.9 Å². The highest BCUT2D eigenvalue weighted by atomic mass is 16.5. The quantitative estimate of drug-likeness (QED) is 0.312. The number of hydrogen-bond acceptors (Lipinski definition) is 6. The third-order valence-electron chi connectivity index (χ3n) is 7.69. The second-order valence-corrected chi connectivity index (χ2v) is 10.4. The summed E-state index contributed by atoms with van der Waals surface area (Å²) in [6.07, 6.45) is 3.91. The molecule has 3 aromatic carbocycles. The van der Waals surface area contributed by atoms with E-state index >= 15 is 0 Å². The standard InChI is InChI=1S/C32H31N5O4/c1-34-18-28(33)25-16-26(25)30-27(32(39)40)17-35-37(30)24-10-5-8-21(15-24)20-7-4-9-22(14-20)31(38)36-12-13-41-29-11-3-2-6-23(29)19-36/h2-11,14-15,17-18,25-26,34H,12-13,16,19,33H2,1H3,(H,39,40)/b28-18-/t25?,26-/m1/s1. The zero-order chi connectivity index (χ0) is 28.5. The van der Waals surface area contributed by atoms with Gasteiger partial charge in [0.25, 0.3) is 5.91 Å². The van der Waals surface area contributed by atoms with Crippen molar-refractivity contribution < 1.29 is 19.4 Å².